The number of amides is 1. The number of nitrogens with two attached hydrogens (primary N) is 1. The summed E-state index contributed by atoms with van der Waals surface area (Å²) in [4.78, 5) is 29.7. The van der Waals surface area contributed by atoms with Crippen LogP contribution in [-0.4, -0.2) is 39.5 Å². The molecule has 1 atom stereocenters. The first kappa shape index (κ1) is 12.6. The average molecular weight is 252 g/mol. The van der Waals surface area contributed by atoms with Gasteiger partial charge in [-0.25, -0.2) is 9.78 Å². The third kappa shape index (κ3) is 2.51. The maximum atomic E-state index is 11.9. The van der Waals surface area contributed by atoms with Gasteiger partial charge < -0.3 is 21.1 Å². The van der Waals surface area contributed by atoms with Gasteiger partial charge in [0.15, 0.2) is 0 Å². The number of hydrogen-bond acceptors (Lipinski definition) is 4. The minimum atomic E-state index is -1.07. The van der Waals surface area contributed by atoms with Crippen LogP contribution in [0.4, 0.5) is 0 Å². The molecule has 0 unspecified atom stereocenters. The van der Waals surface area contributed by atoms with Gasteiger partial charge in [-0.2, -0.15) is 0 Å². The van der Waals surface area contributed by atoms with Gasteiger partial charge in [0.25, 0.3) is 0 Å². The Morgan fingerprint density at radius 3 is 2.78 bits per heavy atom. The summed E-state index contributed by atoms with van der Waals surface area (Å²) in [5, 5.41) is 11.6. The van der Waals surface area contributed by atoms with Crippen LogP contribution in [0, 0.1) is 5.41 Å². The van der Waals surface area contributed by atoms with Crippen LogP contribution < -0.4 is 11.1 Å². The summed E-state index contributed by atoms with van der Waals surface area (Å²) in [5.74, 6) is -1.34. The van der Waals surface area contributed by atoms with Crippen molar-refractivity contribution in [3.8, 4) is 0 Å². The summed E-state index contributed by atoms with van der Waals surface area (Å²) in [7, 11) is 0. The van der Waals surface area contributed by atoms with Gasteiger partial charge in [-0.1, -0.05) is 0 Å². The Balaban J connectivity index is 1.98. The number of H-pyrrole nitrogens is 1. The highest BCUT2D eigenvalue weighted by Gasteiger charge is 2.49. The van der Waals surface area contributed by atoms with E-state index in [0.717, 1.165) is 12.8 Å². The molecular formula is C11H16N4O3. The van der Waals surface area contributed by atoms with Crippen LogP contribution >= 0.6 is 0 Å². The normalized spacial score (nSPS) is 18.1. The van der Waals surface area contributed by atoms with Gasteiger partial charge in [0, 0.05) is 19.2 Å². The van der Waals surface area contributed by atoms with Crippen molar-refractivity contribution < 1.29 is 14.7 Å². The van der Waals surface area contributed by atoms with Crippen molar-refractivity contribution in [3.63, 3.8) is 0 Å². The van der Waals surface area contributed by atoms with Crippen molar-refractivity contribution in [2.45, 2.75) is 25.3 Å². The zero-order chi connectivity index (χ0) is 13.2. The van der Waals surface area contributed by atoms with Crippen LogP contribution in [0.5, 0.6) is 0 Å². The second kappa shape index (κ2) is 4.77. The molecule has 1 aliphatic rings. The first-order chi connectivity index (χ1) is 8.57. The summed E-state index contributed by atoms with van der Waals surface area (Å²) in [6, 6.07) is -0.968. The fraction of sp³-hybridized carbons (Fsp3) is 0.545. The predicted molar refractivity (Wildman–Crippen MR) is 62.6 cm³/mol. The quantitative estimate of drug-likeness (QED) is 0.531. The maximum absolute atomic E-state index is 11.9. The molecule has 0 bridgehead atoms. The Labute approximate surface area is 104 Å². The van der Waals surface area contributed by atoms with E-state index in [2.05, 4.69) is 15.3 Å². The summed E-state index contributed by atoms with van der Waals surface area (Å²) in [6.45, 7) is 0.258. The molecule has 7 nitrogen and oxygen atoms in total. The molecule has 1 saturated carbocycles. The van der Waals surface area contributed by atoms with Crippen molar-refractivity contribution in [2.24, 2.45) is 11.1 Å². The zero-order valence-corrected chi connectivity index (χ0v) is 9.85. The molecular weight excluding hydrogens is 236 g/mol. The molecule has 1 aromatic heterocycles. The third-order valence-corrected chi connectivity index (χ3v) is 3.30. The van der Waals surface area contributed by atoms with Crippen LogP contribution in [-0.2, 0) is 16.0 Å². The topological polar surface area (TPSA) is 121 Å². The highest BCUT2D eigenvalue weighted by Crippen LogP contribution is 2.44. The lowest BCUT2D eigenvalue weighted by molar-refractivity contribution is -0.142. The number of hydrogen-bond donors (Lipinski definition) is 4. The van der Waals surface area contributed by atoms with Crippen LogP contribution in [0.25, 0.3) is 0 Å². The van der Waals surface area contributed by atoms with Gasteiger partial charge >= 0.3 is 5.97 Å². The molecule has 7 heteroatoms. The molecule has 2 rings (SSSR count). The first-order valence-electron chi connectivity index (χ1n) is 5.79. The van der Waals surface area contributed by atoms with Gasteiger partial charge in [-0.3, -0.25) is 4.79 Å². The number of aliphatic carboxylic acids is 1. The van der Waals surface area contributed by atoms with E-state index in [1.807, 2.05) is 0 Å². The molecule has 0 aromatic carbocycles. The molecule has 0 spiro atoms. The number of imidazole rings is 1. The van der Waals surface area contributed by atoms with Gasteiger partial charge in [0.1, 0.15) is 6.04 Å². The van der Waals surface area contributed by atoms with Gasteiger partial charge in [0.05, 0.1) is 17.4 Å². The SMILES string of the molecule is NCC1(C(=O)N[C@@H](Cc2c[nH]cn2)C(=O)O)CC1. The summed E-state index contributed by atoms with van der Waals surface area (Å²) >= 11 is 0. The lowest BCUT2D eigenvalue weighted by atomic mass is 10.1. The van der Waals surface area contributed by atoms with E-state index in [0.29, 0.717) is 5.69 Å². The summed E-state index contributed by atoms with van der Waals surface area (Å²) < 4.78 is 0. The Morgan fingerprint density at radius 1 is 1.61 bits per heavy atom. The average Bonchev–Trinajstić information content (AvgIpc) is 2.99. The molecule has 0 saturated heterocycles. The lowest BCUT2D eigenvalue weighted by Gasteiger charge is -2.17. The van der Waals surface area contributed by atoms with Crippen LogP contribution in [0.2, 0.25) is 0 Å². The molecule has 0 radical (unpaired) electrons. The Morgan fingerprint density at radius 2 is 2.33 bits per heavy atom. The highest BCUT2D eigenvalue weighted by atomic mass is 16.4. The summed E-state index contributed by atoms with van der Waals surface area (Å²) in [5.41, 5.74) is 5.59. The van der Waals surface area contributed by atoms with Crippen molar-refractivity contribution in [3.05, 3.63) is 18.2 Å². The number of rotatable bonds is 6. The molecule has 98 valence electrons. The molecule has 1 aromatic rings. The van der Waals surface area contributed by atoms with Crippen molar-refractivity contribution in [1.82, 2.24) is 15.3 Å². The van der Waals surface area contributed by atoms with E-state index in [1.165, 1.54) is 6.33 Å². The second-order valence-corrected chi connectivity index (χ2v) is 4.61. The van der Waals surface area contributed by atoms with Crippen LogP contribution in [0.15, 0.2) is 12.5 Å². The number of carboxylic acid groups (broad SMARTS) is 1. The van der Waals surface area contributed by atoms with Crippen molar-refractivity contribution in [2.75, 3.05) is 6.54 Å². The number of aromatic nitrogens is 2. The standard InChI is InChI=1S/C11H16N4O3/c12-5-11(1-2-11)10(18)15-8(9(16)17)3-7-4-13-6-14-7/h4,6,8H,1-3,5,12H2,(H,13,14)(H,15,18)(H,16,17)/t8-/m0/s1. The molecule has 18 heavy (non-hydrogen) atoms. The molecule has 1 heterocycles. The monoisotopic (exact) mass is 252 g/mol. The molecule has 1 fully saturated rings. The van der Waals surface area contributed by atoms with Crippen LogP contribution in [0.3, 0.4) is 0 Å². The van der Waals surface area contributed by atoms with E-state index in [9.17, 15) is 9.59 Å². The summed E-state index contributed by atoms with van der Waals surface area (Å²) in [6.07, 6.45) is 4.69. The maximum Gasteiger partial charge on any atom is 0.326 e. The number of carboxylic acids is 1. The third-order valence-electron chi connectivity index (χ3n) is 3.30. The van der Waals surface area contributed by atoms with E-state index >= 15 is 0 Å². The van der Waals surface area contributed by atoms with E-state index in [4.69, 9.17) is 10.8 Å². The van der Waals surface area contributed by atoms with Crippen molar-refractivity contribution >= 4 is 11.9 Å². The smallest absolute Gasteiger partial charge is 0.326 e. The highest BCUT2D eigenvalue weighted by molar-refractivity contribution is 5.89. The number of aromatic amines is 1. The predicted octanol–water partition coefficient (Wildman–Crippen LogP) is -0.739. The Bertz CT molecular complexity index is 439. The minimum Gasteiger partial charge on any atom is -0.480 e. The Kier molecular flexibility index (Phi) is 3.33. The van der Waals surface area contributed by atoms with E-state index in [-0.39, 0.29) is 18.9 Å². The van der Waals surface area contributed by atoms with Gasteiger partial charge in [-0.15, -0.1) is 0 Å². The fourth-order valence-electron chi connectivity index (χ4n) is 1.80. The number of nitrogens with zero attached hydrogens (tertiary/aromatic N) is 1. The molecule has 5 N–H and O–H groups in total. The Hall–Kier alpha value is -1.89. The van der Waals surface area contributed by atoms with Gasteiger partial charge in [-0.05, 0) is 12.8 Å². The van der Waals surface area contributed by atoms with Crippen LogP contribution in [0.1, 0.15) is 18.5 Å². The minimum absolute atomic E-state index is 0.158. The number of nitrogens with one attached hydrogen (secondary N) is 2. The second-order valence-electron chi connectivity index (χ2n) is 4.61. The molecule has 1 aliphatic carbocycles. The number of carbonyl (C=O) groups is 2. The van der Waals surface area contributed by atoms with Gasteiger partial charge in [0.2, 0.25) is 5.91 Å². The molecule has 0 aliphatic heterocycles. The largest absolute Gasteiger partial charge is 0.480 e. The number of carbonyl (C=O) groups excluding carboxylic acids is 1. The van der Waals surface area contributed by atoms with Crippen molar-refractivity contribution in [1.29, 1.82) is 0 Å². The first-order valence-corrected chi connectivity index (χ1v) is 5.79. The zero-order valence-electron chi connectivity index (χ0n) is 9.85. The van der Waals surface area contributed by atoms with E-state index in [1.54, 1.807) is 6.20 Å². The fourth-order valence-corrected chi connectivity index (χ4v) is 1.80. The molecule has 1 amide bonds. The van der Waals surface area contributed by atoms with E-state index < -0.39 is 17.4 Å². The lowest BCUT2D eigenvalue weighted by Crippen LogP contribution is -2.47.